The van der Waals surface area contributed by atoms with Crippen molar-refractivity contribution in [3.8, 4) is 0 Å². The summed E-state index contributed by atoms with van der Waals surface area (Å²) >= 11 is 0. The van der Waals surface area contributed by atoms with Gasteiger partial charge in [0.1, 0.15) is 5.82 Å². The summed E-state index contributed by atoms with van der Waals surface area (Å²) in [5.41, 5.74) is 0.397. The van der Waals surface area contributed by atoms with E-state index < -0.39 is 24.2 Å². The molecule has 0 unspecified atom stereocenters. The fourth-order valence-electron chi connectivity index (χ4n) is 1.37. The summed E-state index contributed by atoms with van der Waals surface area (Å²) in [5.74, 6) is -2.31. The molecule has 96 valence electrons. The molecule has 0 aliphatic carbocycles. The van der Waals surface area contributed by atoms with Crippen molar-refractivity contribution in [1.29, 1.82) is 0 Å². The van der Waals surface area contributed by atoms with E-state index in [0.717, 1.165) is 0 Å². The molecule has 1 aromatic carbocycles. The molecular weight excluding hydrogens is 239 g/mol. The van der Waals surface area contributed by atoms with Crippen molar-refractivity contribution in [3.05, 3.63) is 41.2 Å². The number of esters is 1. The maximum Gasteiger partial charge on any atom is 0.334 e. The van der Waals surface area contributed by atoms with Gasteiger partial charge in [0.25, 0.3) is 0 Å². The Morgan fingerprint density at radius 1 is 1.44 bits per heavy atom. The molecule has 0 atom stereocenters. The molecule has 1 N–H and O–H groups in total. The highest BCUT2D eigenvalue weighted by Gasteiger charge is 2.14. The minimum atomic E-state index is -1.15. The maximum atomic E-state index is 13.0. The van der Waals surface area contributed by atoms with E-state index in [1.165, 1.54) is 24.3 Å². The molecule has 0 aliphatic heterocycles. The smallest absolute Gasteiger partial charge is 0.334 e. The largest absolute Gasteiger partial charge is 0.481 e. The van der Waals surface area contributed by atoms with Crippen molar-refractivity contribution < 1.29 is 23.8 Å². The molecular formula is C13H13FO4. The fourth-order valence-corrected chi connectivity index (χ4v) is 1.37. The highest BCUT2D eigenvalue weighted by atomic mass is 19.1. The summed E-state index contributed by atoms with van der Waals surface area (Å²) in [6.45, 7) is 1.78. The van der Waals surface area contributed by atoms with Crippen molar-refractivity contribution in [1.82, 2.24) is 0 Å². The third-order valence-corrected chi connectivity index (χ3v) is 2.07. The lowest BCUT2D eigenvalue weighted by Crippen LogP contribution is -2.11. The lowest BCUT2D eigenvalue weighted by molar-refractivity contribution is -0.142. The second kappa shape index (κ2) is 6.54. The number of carboxylic acid groups (broad SMARTS) is 1. The second-order valence-corrected chi connectivity index (χ2v) is 3.52. The minimum absolute atomic E-state index is 0.0186. The number of hydrogen-bond acceptors (Lipinski definition) is 3. The third-order valence-electron chi connectivity index (χ3n) is 2.07. The zero-order valence-corrected chi connectivity index (χ0v) is 9.85. The standard InChI is InChI=1S/C13H13FO4/c1-2-18-13(17)10(8-12(15)16)6-9-4-3-5-11(14)7-9/h3-7H,2,8H2,1H3,(H,15,16). The van der Waals surface area contributed by atoms with Gasteiger partial charge in [0, 0.05) is 5.57 Å². The zero-order valence-electron chi connectivity index (χ0n) is 9.85. The predicted octanol–water partition coefficient (Wildman–Crippen LogP) is 2.25. The van der Waals surface area contributed by atoms with Gasteiger partial charge in [-0.15, -0.1) is 0 Å². The highest BCUT2D eigenvalue weighted by Crippen LogP contribution is 2.13. The number of halogens is 1. The van der Waals surface area contributed by atoms with Crippen LogP contribution < -0.4 is 0 Å². The Morgan fingerprint density at radius 2 is 2.17 bits per heavy atom. The number of rotatable bonds is 5. The first-order valence-electron chi connectivity index (χ1n) is 5.38. The topological polar surface area (TPSA) is 63.6 Å². The van der Waals surface area contributed by atoms with Crippen LogP contribution in [0.1, 0.15) is 18.9 Å². The van der Waals surface area contributed by atoms with Crippen LogP contribution in [0.4, 0.5) is 4.39 Å². The number of hydrogen-bond donors (Lipinski definition) is 1. The first-order chi connectivity index (χ1) is 8.52. The van der Waals surface area contributed by atoms with Gasteiger partial charge in [0.05, 0.1) is 13.0 Å². The Kier molecular flexibility index (Phi) is 5.05. The average Bonchev–Trinajstić information content (AvgIpc) is 2.28. The zero-order chi connectivity index (χ0) is 13.5. The van der Waals surface area contributed by atoms with Crippen LogP contribution in [0.15, 0.2) is 29.8 Å². The van der Waals surface area contributed by atoms with Crippen molar-refractivity contribution in [3.63, 3.8) is 0 Å². The first kappa shape index (κ1) is 13.9. The fraction of sp³-hybridized carbons (Fsp3) is 0.231. The number of carbonyl (C=O) groups excluding carboxylic acids is 1. The van der Waals surface area contributed by atoms with Crippen molar-refractivity contribution >= 4 is 18.0 Å². The summed E-state index contributed by atoms with van der Waals surface area (Å²) in [6, 6.07) is 5.52. The monoisotopic (exact) mass is 252 g/mol. The summed E-state index contributed by atoms with van der Waals surface area (Å²) in [7, 11) is 0. The van der Waals surface area contributed by atoms with Crippen LogP contribution in [0, 0.1) is 5.82 Å². The average molecular weight is 252 g/mol. The Morgan fingerprint density at radius 3 is 2.72 bits per heavy atom. The van der Waals surface area contributed by atoms with Gasteiger partial charge in [-0.1, -0.05) is 12.1 Å². The van der Waals surface area contributed by atoms with E-state index >= 15 is 0 Å². The van der Waals surface area contributed by atoms with Crippen LogP contribution in [0.2, 0.25) is 0 Å². The van der Waals surface area contributed by atoms with E-state index in [-0.39, 0.29) is 12.2 Å². The quantitative estimate of drug-likeness (QED) is 0.644. The number of benzene rings is 1. The Balaban J connectivity index is 3.01. The molecule has 0 heterocycles. The van der Waals surface area contributed by atoms with Crippen molar-refractivity contribution in [2.45, 2.75) is 13.3 Å². The molecule has 1 rings (SSSR count). The van der Waals surface area contributed by atoms with Gasteiger partial charge >= 0.3 is 11.9 Å². The SMILES string of the molecule is CCOC(=O)C(=Cc1cccc(F)c1)CC(=O)O. The van der Waals surface area contributed by atoms with Gasteiger partial charge < -0.3 is 9.84 Å². The highest BCUT2D eigenvalue weighted by molar-refractivity contribution is 5.97. The molecule has 0 aliphatic rings. The lowest BCUT2D eigenvalue weighted by Gasteiger charge is -2.04. The van der Waals surface area contributed by atoms with Gasteiger partial charge in [-0.3, -0.25) is 4.79 Å². The van der Waals surface area contributed by atoms with Gasteiger partial charge in [-0.05, 0) is 30.7 Å². The normalized spacial score (nSPS) is 11.1. The third kappa shape index (κ3) is 4.37. The molecule has 5 heteroatoms. The molecule has 0 radical (unpaired) electrons. The maximum absolute atomic E-state index is 13.0. The number of carboxylic acids is 1. The molecule has 4 nitrogen and oxygen atoms in total. The van der Waals surface area contributed by atoms with E-state index in [1.54, 1.807) is 13.0 Å². The molecule has 0 fully saturated rings. The lowest BCUT2D eigenvalue weighted by atomic mass is 10.1. The van der Waals surface area contributed by atoms with E-state index in [9.17, 15) is 14.0 Å². The molecule has 0 spiro atoms. The number of ether oxygens (including phenoxy) is 1. The number of aliphatic carboxylic acids is 1. The Hall–Kier alpha value is -2.17. The Labute approximate surface area is 104 Å². The van der Waals surface area contributed by atoms with Crippen molar-refractivity contribution in [2.24, 2.45) is 0 Å². The molecule has 0 aromatic heterocycles. The second-order valence-electron chi connectivity index (χ2n) is 3.52. The first-order valence-corrected chi connectivity index (χ1v) is 5.38. The molecule has 0 amide bonds. The summed E-state index contributed by atoms with van der Waals surface area (Å²) in [4.78, 5) is 22.2. The van der Waals surface area contributed by atoms with Crippen LogP contribution in [0.25, 0.3) is 6.08 Å². The van der Waals surface area contributed by atoms with Crippen LogP contribution in [0.5, 0.6) is 0 Å². The van der Waals surface area contributed by atoms with E-state index in [0.29, 0.717) is 5.56 Å². The summed E-state index contributed by atoms with van der Waals surface area (Å²) in [5, 5.41) is 8.71. The van der Waals surface area contributed by atoms with Crippen LogP contribution in [-0.4, -0.2) is 23.7 Å². The van der Waals surface area contributed by atoms with E-state index in [1.807, 2.05) is 0 Å². The van der Waals surface area contributed by atoms with Gasteiger partial charge in [-0.25, -0.2) is 9.18 Å². The van der Waals surface area contributed by atoms with Crippen molar-refractivity contribution in [2.75, 3.05) is 6.61 Å². The predicted molar refractivity (Wildman–Crippen MR) is 63.3 cm³/mol. The van der Waals surface area contributed by atoms with Crippen LogP contribution in [-0.2, 0) is 14.3 Å². The molecule has 0 saturated heterocycles. The molecule has 1 aromatic rings. The minimum Gasteiger partial charge on any atom is -0.481 e. The van der Waals surface area contributed by atoms with Crippen LogP contribution in [0.3, 0.4) is 0 Å². The van der Waals surface area contributed by atoms with E-state index in [4.69, 9.17) is 9.84 Å². The van der Waals surface area contributed by atoms with Gasteiger partial charge in [-0.2, -0.15) is 0 Å². The van der Waals surface area contributed by atoms with E-state index in [2.05, 4.69) is 0 Å². The van der Waals surface area contributed by atoms with Gasteiger partial charge in [0.2, 0.25) is 0 Å². The Bertz CT molecular complexity index is 480. The van der Waals surface area contributed by atoms with Crippen LogP contribution >= 0.6 is 0 Å². The molecule has 0 bridgehead atoms. The summed E-state index contributed by atoms with van der Waals surface area (Å²) in [6.07, 6.45) is 0.852. The molecule has 18 heavy (non-hydrogen) atoms. The summed E-state index contributed by atoms with van der Waals surface area (Å²) < 4.78 is 17.7. The molecule has 0 saturated carbocycles. The number of carbonyl (C=O) groups is 2. The van der Waals surface area contributed by atoms with Gasteiger partial charge in [0.15, 0.2) is 0 Å².